The molecule has 74 heavy (non-hydrogen) atoms. The second kappa shape index (κ2) is 42.8. The topological polar surface area (TPSA) is 112 Å². The van der Waals surface area contributed by atoms with Crippen LogP contribution < -0.4 is 0 Å². The zero-order valence-corrected chi connectivity index (χ0v) is 50.0. The van der Waals surface area contributed by atoms with E-state index in [0.717, 1.165) is 142 Å². The van der Waals surface area contributed by atoms with Gasteiger partial charge in [0.25, 0.3) is 0 Å². The van der Waals surface area contributed by atoms with Gasteiger partial charge < -0.3 is 23.8 Å². The molecular formula is C64H120N2O8. The molecule has 0 spiro atoms. The summed E-state index contributed by atoms with van der Waals surface area (Å²) in [4.78, 5) is 58.3. The molecule has 2 saturated heterocycles. The highest BCUT2D eigenvalue weighted by Crippen LogP contribution is 2.31. The third kappa shape index (κ3) is 32.5. The van der Waals surface area contributed by atoms with E-state index in [1.807, 2.05) is 27.7 Å². The van der Waals surface area contributed by atoms with E-state index in [1.54, 1.807) is 0 Å². The number of carbonyl (C=O) groups excluding carboxylic acids is 4. The van der Waals surface area contributed by atoms with E-state index in [2.05, 4.69) is 37.5 Å². The lowest BCUT2D eigenvalue weighted by atomic mass is 9.86. The molecule has 0 aliphatic carbocycles. The fourth-order valence-corrected chi connectivity index (χ4v) is 11.1. The highest BCUT2D eigenvalue weighted by molar-refractivity contribution is 5.77. The molecule has 0 aromatic rings. The first-order valence-electron chi connectivity index (χ1n) is 32.0. The number of hydrogen-bond donors (Lipinski definition) is 0. The Morgan fingerprint density at radius 3 is 1.34 bits per heavy atom. The SMILES string of the molecule is CCCCCCCCC(CCCCCC)OC(=O)C(C)(C)CCCCCCN1C[C@@H](OC(=O)CCN2CCCC2)C[C@H]1C(=O)OCCCCCCC(C)(C)C(=O)OC(CCCCCCCC)CCCCCCCC. The van der Waals surface area contributed by atoms with Crippen LogP contribution in [-0.4, -0.2) is 97.4 Å². The van der Waals surface area contributed by atoms with E-state index < -0.39 is 16.9 Å². The third-order valence-corrected chi connectivity index (χ3v) is 16.4. The lowest BCUT2D eigenvalue weighted by Crippen LogP contribution is -2.38. The first kappa shape index (κ1) is 67.9. The summed E-state index contributed by atoms with van der Waals surface area (Å²) in [7, 11) is 0. The smallest absolute Gasteiger partial charge is 0.323 e. The highest BCUT2D eigenvalue weighted by atomic mass is 16.6. The molecule has 0 amide bonds. The normalized spacial score (nSPS) is 17.0. The van der Waals surface area contributed by atoms with Gasteiger partial charge in [-0.1, -0.05) is 182 Å². The van der Waals surface area contributed by atoms with Gasteiger partial charge in [0.1, 0.15) is 24.4 Å². The van der Waals surface area contributed by atoms with Crippen LogP contribution in [0, 0.1) is 10.8 Å². The number of likely N-dealkylation sites (tertiary alicyclic amines) is 2. The van der Waals surface area contributed by atoms with E-state index in [9.17, 15) is 19.2 Å². The van der Waals surface area contributed by atoms with Crippen molar-refractivity contribution in [1.29, 1.82) is 0 Å². The van der Waals surface area contributed by atoms with Crippen molar-refractivity contribution in [2.75, 3.05) is 39.3 Å². The minimum atomic E-state index is -0.527. The molecule has 2 aliphatic rings. The number of carbonyl (C=O) groups is 4. The minimum absolute atomic E-state index is 0.0236. The predicted octanol–water partition coefficient (Wildman–Crippen LogP) is 17.0. The molecule has 0 radical (unpaired) electrons. The van der Waals surface area contributed by atoms with Crippen LogP contribution in [0.3, 0.4) is 0 Å². The van der Waals surface area contributed by atoms with E-state index in [4.69, 9.17) is 18.9 Å². The molecule has 0 saturated carbocycles. The van der Waals surface area contributed by atoms with Gasteiger partial charge in [0, 0.05) is 19.5 Å². The Kier molecular flexibility index (Phi) is 39.3. The summed E-state index contributed by atoms with van der Waals surface area (Å²) in [5.41, 5.74) is -1.05. The molecule has 10 nitrogen and oxygen atoms in total. The van der Waals surface area contributed by atoms with Crippen molar-refractivity contribution in [3.05, 3.63) is 0 Å². The van der Waals surface area contributed by atoms with Crippen molar-refractivity contribution in [2.24, 2.45) is 10.8 Å². The fourth-order valence-electron chi connectivity index (χ4n) is 11.1. The van der Waals surface area contributed by atoms with E-state index >= 15 is 0 Å². The zero-order chi connectivity index (χ0) is 54.1. The van der Waals surface area contributed by atoms with Gasteiger partial charge in [-0.25, -0.2) is 0 Å². The van der Waals surface area contributed by atoms with Gasteiger partial charge >= 0.3 is 23.9 Å². The third-order valence-electron chi connectivity index (χ3n) is 16.4. The van der Waals surface area contributed by atoms with Crippen molar-refractivity contribution in [1.82, 2.24) is 9.80 Å². The van der Waals surface area contributed by atoms with E-state index in [0.29, 0.717) is 26.0 Å². The summed E-state index contributed by atoms with van der Waals surface area (Å²) in [6, 6.07) is -0.427. The quantitative estimate of drug-likeness (QED) is 0.0332. The first-order valence-corrected chi connectivity index (χ1v) is 32.0. The molecule has 0 N–H and O–H groups in total. The summed E-state index contributed by atoms with van der Waals surface area (Å²) in [5.74, 6) is -0.506. The number of unbranched alkanes of at least 4 members (excludes halogenated alkanes) is 24. The lowest BCUT2D eigenvalue weighted by molar-refractivity contribution is -0.161. The molecule has 10 heteroatoms. The highest BCUT2D eigenvalue weighted by Gasteiger charge is 2.40. The maximum absolute atomic E-state index is 13.7. The van der Waals surface area contributed by atoms with Gasteiger partial charge in [-0.3, -0.25) is 24.1 Å². The molecule has 0 aromatic carbocycles. The van der Waals surface area contributed by atoms with Crippen LogP contribution in [-0.2, 0) is 38.1 Å². The van der Waals surface area contributed by atoms with Crippen molar-refractivity contribution in [3.8, 4) is 0 Å². The number of nitrogens with zero attached hydrogens (tertiary/aromatic N) is 2. The van der Waals surface area contributed by atoms with Crippen LogP contribution in [0.1, 0.15) is 312 Å². The van der Waals surface area contributed by atoms with Crippen LogP contribution in [0.2, 0.25) is 0 Å². The molecule has 0 aromatic heterocycles. The van der Waals surface area contributed by atoms with Gasteiger partial charge in [0.15, 0.2) is 0 Å². The van der Waals surface area contributed by atoms with Crippen molar-refractivity contribution >= 4 is 23.9 Å². The average molecular weight is 1050 g/mol. The first-order chi connectivity index (χ1) is 35.8. The summed E-state index contributed by atoms with van der Waals surface area (Å²) in [6.07, 6.45) is 43.1. The molecule has 2 rings (SSSR count). The Morgan fingerprint density at radius 2 is 0.878 bits per heavy atom. The lowest BCUT2D eigenvalue weighted by Gasteiger charge is -2.27. The van der Waals surface area contributed by atoms with Crippen LogP contribution in [0.4, 0.5) is 0 Å². The molecule has 2 fully saturated rings. The second-order valence-corrected chi connectivity index (χ2v) is 24.5. The van der Waals surface area contributed by atoms with Crippen LogP contribution in [0.25, 0.3) is 0 Å². The Hall–Kier alpha value is -2.20. The van der Waals surface area contributed by atoms with E-state index in [-0.39, 0.29) is 42.2 Å². The van der Waals surface area contributed by atoms with Crippen LogP contribution in [0.5, 0.6) is 0 Å². The van der Waals surface area contributed by atoms with Gasteiger partial charge in [0.2, 0.25) is 0 Å². The van der Waals surface area contributed by atoms with Gasteiger partial charge in [-0.2, -0.15) is 0 Å². The Labute approximate surface area is 456 Å². The molecule has 2 aliphatic heterocycles. The zero-order valence-electron chi connectivity index (χ0n) is 50.0. The largest absolute Gasteiger partial charge is 0.465 e. The Balaban J connectivity index is 1.84. The van der Waals surface area contributed by atoms with Gasteiger partial charge in [-0.05, 0) is 137 Å². The average Bonchev–Trinajstić information content (AvgIpc) is 4.06. The molecule has 1 unspecified atom stereocenters. The van der Waals surface area contributed by atoms with Gasteiger partial charge in [0.05, 0.1) is 23.9 Å². The van der Waals surface area contributed by atoms with E-state index in [1.165, 1.54) is 128 Å². The summed E-state index contributed by atoms with van der Waals surface area (Å²) >= 11 is 0. The number of esters is 4. The maximum atomic E-state index is 13.7. The number of rotatable bonds is 49. The monoisotopic (exact) mass is 1040 g/mol. The number of ether oxygens (including phenoxy) is 4. The van der Waals surface area contributed by atoms with Crippen LogP contribution >= 0.6 is 0 Å². The predicted molar refractivity (Wildman–Crippen MR) is 307 cm³/mol. The van der Waals surface area contributed by atoms with Gasteiger partial charge in [-0.15, -0.1) is 0 Å². The van der Waals surface area contributed by atoms with Crippen molar-refractivity contribution in [2.45, 2.75) is 337 Å². The molecular weight excluding hydrogens is 925 g/mol. The molecule has 2 heterocycles. The molecule has 0 bridgehead atoms. The maximum Gasteiger partial charge on any atom is 0.323 e. The summed E-state index contributed by atoms with van der Waals surface area (Å²) < 4.78 is 24.5. The van der Waals surface area contributed by atoms with Crippen LogP contribution in [0.15, 0.2) is 0 Å². The number of hydrogen-bond acceptors (Lipinski definition) is 10. The summed E-state index contributed by atoms with van der Waals surface area (Å²) in [6.45, 7) is 21.6. The Bertz CT molecular complexity index is 1400. The van der Waals surface area contributed by atoms with Crippen molar-refractivity contribution < 1.29 is 38.1 Å². The molecule has 434 valence electrons. The Morgan fingerprint density at radius 1 is 0.486 bits per heavy atom. The summed E-state index contributed by atoms with van der Waals surface area (Å²) in [5, 5.41) is 0. The second-order valence-electron chi connectivity index (χ2n) is 24.5. The fraction of sp³-hybridized carbons (Fsp3) is 0.938. The minimum Gasteiger partial charge on any atom is -0.465 e. The molecule has 3 atom stereocenters. The van der Waals surface area contributed by atoms with Crippen molar-refractivity contribution in [3.63, 3.8) is 0 Å². The standard InChI is InChI=1S/C64H120N2O8/c1-9-13-17-21-24-32-42-55(41-31-20-16-12-4)73-61(69)63(5,6)46-35-27-29-37-50-66-54-57(72-59(67)45-51-65-48-38-39-49-65)53-58(66)60(68)71-52-40-30-28-36-47-64(7,8)62(70)74-56(43-33-25-22-18-14-10-2)44-34-26-23-19-15-11-3/h55-58H,9-54H2,1-8H3/t55?,57-,58-/m0/s1.